The molecule has 6 nitrogen and oxygen atoms in total. The molecule has 0 aliphatic carbocycles. The minimum Gasteiger partial charge on any atom is -0.493 e. The van der Waals surface area contributed by atoms with E-state index in [4.69, 9.17) is 14.5 Å². The lowest BCUT2D eigenvalue weighted by Crippen LogP contribution is -2.03. The maximum absolute atomic E-state index is 11.7. The summed E-state index contributed by atoms with van der Waals surface area (Å²) < 4.78 is 12.4. The second-order valence-corrected chi connectivity index (χ2v) is 5.66. The maximum Gasteiger partial charge on any atom is 0.339 e. The molecule has 2 aromatic heterocycles. The van der Waals surface area contributed by atoms with E-state index in [9.17, 15) is 4.79 Å². The number of pyridine rings is 1. The number of benzene rings is 1. The molecule has 0 bridgehead atoms. The third-order valence-electron chi connectivity index (χ3n) is 4.27. The standard InChI is InChI=1S/C18H17N3O3/c1-3-21-16(12-4-5-15-11(8-12)6-7-24-15)20-14-9-13(18(22)23-2)10-19-17(14)21/h4-5,8-10H,3,6-7H2,1-2H3. The lowest BCUT2D eigenvalue weighted by atomic mass is 10.1. The lowest BCUT2D eigenvalue weighted by molar-refractivity contribution is 0.0600. The van der Waals surface area contributed by atoms with Gasteiger partial charge in [-0.15, -0.1) is 0 Å². The number of ether oxygens (including phenoxy) is 2. The molecule has 0 unspecified atom stereocenters. The quantitative estimate of drug-likeness (QED) is 0.693. The number of imidazole rings is 1. The summed E-state index contributed by atoms with van der Waals surface area (Å²) in [7, 11) is 1.36. The average Bonchev–Trinajstić information content (AvgIpc) is 3.23. The second kappa shape index (κ2) is 5.63. The molecule has 1 aromatic carbocycles. The molecule has 0 spiro atoms. The maximum atomic E-state index is 11.7. The van der Waals surface area contributed by atoms with E-state index in [0.717, 1.165) is 42.4 Å². The number of nitrogens with zero attached hydrogens (tertiary/aromatic N) is 3. The molecule has 0 atom stereocenters. The number of fused-ring (bicyclic) bond motifs is 2. The molecule has 6 heteroatoms. The van der Waals surface area contributed by atoms with E-state index < -0.39 is 5.97 Å². The summed E-state index contributed by atoms with van der Waals surface area (Å²) in [6, 6.07) is 7.85. The van der Waals surface area contributed by atoms with Gasteiger partial charge in [0.1, 0.15) is 17.1 Å². The minimum absolute atomic E-state index is 0.402. The summed E-state index contributed by atoms with van der Waals surface area (Å²) >= 11 is 0. The van der Waals surface area contributed by atoms with Gasteiger partial charge in [0.05, 0.1) is 19.3 Å². The van der Waals surface area contributed by atoms with Gasteiger partial charge in [0.2, 0.25) is 0 Å². The van der Waals surface area contributed by atoms with Gasteiger partial charge in [-0.3, -0.25) is 0 Å². The zero-order chi connectivity index (χ0) is 16.7. The molecule has 3 heterocycles. The SMILES string of the molecule is CCn1c(-c2ccc3c(c2)CCO3)nc2cc(C(=O)OC)cnc21. The Hall–Kier alpha value is -2.89. The molecular weight excluding hydrogens is 306 g/mol. The van der Waals surface area contributed by atoms with Crippen molar-refractivity contribution in [2.45, 2.75) is 19.9 Å². The largest absolute Gasteiger partial charge is 0.493 e. The second-order valence-electron chi connectivity index (χ2n) is 5.66. The normalized spacial score (nSPS) is 12.9. The third-order valence-corrected chi connectivity index (χ3v) is 4.27. The van der Waals surface area contributed by atoms with Crippen molar-refractivity contribution >= 4 is 17.1 Å². The first-order valence-corrected chi connectivity index (χ1v) is 7.92. The van der Waals surface area contributed by atoms with Crippen molar-refractivity contribution in [1.29, 1.82) is 0 Å². The van der Waals surface area contributed by atoms with Crippen LogP contribution in [0.5, 0.6) is 5.75 Å². The highest BCUT2D eigenvalue weighted by Gasteiger charge is 2.18. The van der Waals surface area contributed by atoms with Gasteiger partial charge in [-0.05, 0) is 36.8 Å². The van der Waals surface area contributed by atoms with Crippen molar-refractivity contribution in [2.75, 3.05) is 13.7 Å². The highest BCUT2D eigenvalue weighted by Crippen LogP contribution is 2.31. The Morgan fingerprint density at radius 1 is 1.38 bits per heavy atom. The highest BCUT2D eigenvalue weighted by molar-refractivity contribution is 5.92. The van der Waals surface area contributed by atoms with E-state index in [-0.39, 0.29) is 0 Å². The number of carbonyl (C=O) groups is 1. The van der Waals surface area contributed by atoms with E-state index in [0.29, 0.717) is 11.1 Å². The summed E-state index contributed by atoms with van der Waals surface area (Å²) in [5.74, 6) is 1.38. The molecule has 0 radical (unpaired) electrons. The van der Waals surface area contributed by atoms with Gasteiger partial charge in [-0.2, -0.15) is 0 Å². The molecule has 0 fully saturated rings. The van der Waals surface area contributed by atoms with Crippen LogP contribution in [0.15, 0.2) is 30.5 Å². The highest BCUT2D eigenvalue weighted by atomic mass is 16.5. The molecular formula is C18H17N3O3. The molecule has 1 aliphatic heterocycles. The third kappa shape index (κ3) is 2.22. The fourth-order valence-electron chi connectivity index (χ4n) is 3.09. The van der Waals surface area contributed by atoms with Crippen LogP contribution in [0.4, 0.5) is 0 Å². The van der Waals surface area contributed by atoms with Crippen LogP contribution in [0, 0.1) is 0 Å². The van der Waals surface area contributed by atoms with Crippen LogP contribution < -0.4 is 4.74 Å². The van der Waals surface area contributed by atoms with E-state index >= 15 is 0 Å². The number of aromatic nitrogens is 3. The molecule has 0 N–H and O–H groups in total. The van der Waals surface area contributed by atoms with Crippen molar-refractivity contribution in [3.63, 3.8) is 0 Å². The van der Waals surface area contributed by atoms with Crippen LogP contribution >= 0.6 is 0 Å². The lowest BCUT2D eigenvalue weighted by Gasteiger charge is -2.07. The summed E-state index contributed by atoms with van der Waals surface area (Å²) in [5.41, 5.74) is 4.08. The summed E-state index contributed by atoms with van der Waals surface area (Å²) in [6.45, 7) is 3.52. The van der Waals surface area contributed by atoms with Gasteiger partial charge in [0.15, 0.2) is 5.65 Å². The number of methoxy groups -OCH3 is 1. The molecule has 0 amide bonds. The number of carbonyl (C=O) groups excluding carboxylic acids is 1. The van der Waals surface area contributed by atoms with Gasteiger partial charge < -0.3 is 14.0 Å². The van der Waals surface area contributed by atoms with E-state index in [1.54, 1.807) is 6.07 Å². The van der Waals surface area contributed by atoms with Crippen LogP contribution in [-0.4, -0.2) is 34.2 Å². The van der Waals surface area contributed by atoms with Crippen LogP contribution in [0.3, 0.4) is 0 Å². The first-order valence-electron chi connectivity index (χ1n) is 7.92. The number of hydrogen-bond acceptors (Lipinski definition) is 5. The van der Waals surface area contributed by atoms with E-state index in [2.05, 4.69) is 18.0 Å². The van der Waals surface area contributed by atoms with Crippen molar-refractivity contribution in [2.24, 2.45) is 0 Å². The first-order chi connectivity index (χ1) is 11.7. The van der Waals surface area contributed by atoms with Gasteiger partial charge >= 0.3 is 5.97 Å². The van der Waals surface area contributed by atoms with Crippen LogP contribution in [-0.2, 0) is 17.7 Å². The minimum atomic E-state index is -0.410. The number of hydrogen-bond donors (Lipinski definition) is 0. The Morgan fingerprint density at radius 2 is 2.25 bits per heavy atom. The number of aryl methyl sites for hydroxylation is 1. The molecule has 0 saturated carbocycles. The predicted molar refractivity (Wildman–Crippen MR) is 89.2 cm³/mol. The zero-order valence-corrected chi connectivity index (χ0v) is 13.6. The molecule has 0 saturated heterocycles. The Labute approximate surface area is 139 Å². The molecule has 1 aliphatic rings. The average molecular weight is 323 g/mol. The van der Waals surface area contributed by atoms with E-state index in [1.165, 1.54) is 18.9 Å². The molecule has 4 rings (SSSR count). The molecule has 3 aromatic rings. The van der Waals surface area contributed by atoms with Crippen LogP contribution in [0.2, 0.25) is 0 Å². The van der Waals surface area contributed by atoms with Crippen LogP contribution in [0.1, 0.15) is 22.8 Å². The van der Waals surface area contributed by atoms with Crippen molar-refractivity contribution < 1.29 is 14.3 Å². The van der Waals surface area contributed by atoms with Crippen molar-refractivity contribution in [3.05, 3.63) is 41.6 Å². The predicted octanol–water partition coefficient (Wildman–Crippen LogP) is 2.84. The van der Waals surface area contributed by atoms with Gasteiger partial charge in [0.25, 0.3) is 0 Å². The first kappa shape index (κ1) is 14.7. The van der Waals surface area contributed by atoms with Crippen molar-refractivity contribution in [3.8, 4) is 17.1 Å². The fourth-order valence-corrected chi connectivity index (χ4v) is 3.09. The van der Waals surface area contributed by atoms with Gasteiger partial charge in [0, 0.05) is 24.7 Å². The Morgan fingerprint density at radius 3 is 3.04 bits per heavy atom. The summed E-state index contributed by atoms with van der Waals surface area (Å²) in [5, 5.41) is 0. The summed E-state index contributed by atoms with van der Waals surface area (Å²) in [6.07, 6.45) is 2.45. The monoisotopic (exact) mass is 323 g/mol. The summed E-state index contributed by atoms with van der Waals surface area (Å²) in [4.78, 5) is 20.8. The van der Waals surface area contributed by atoms with E-state index in [1.807, 2.05) is 16.7 Å². The number of rotatable bonds is 3. The smallest absolute Gasteiger partial charge is 0.339 e. The topological polar surface area (TPSA) is 66.2 Å². The van der Waals surface area contributed by atoms with Gasteiger partial charge in [-0.1, -0.05) is 0 Å². The van der Waals surface area contributed by atoms with Crippen molar-refractivity contribution in [1.82, 2.24) is 14.5 Å². The Balaban J connectivity index is 1.87. The van der Waals surface area contributed by atoms with Gasteiger partial charge in [-0.25, -0.2) is 14.8 Å². The fraction of sp³-hybridized carbons (Fsp3) is 0.278. The van der Waals surface area contributed by atoms with Crippen LogP contribution in [0.25, 0.3) is 22.6 Å². The molecule has 24 heavy (non-hydrogen) atoms. The Kier molecular flexibility index (Phi) is 3.45. The molecule has 122 valence electrons. The Bertz CT molecular complexity index is 946. The number of esters is 1. The zero-order valence-electron chi connectivity index (χ0n) is 13.6.